The maximum atomic E-state index is 9.61. The van der Waals surface area contributed by atoms with E-state index in [0.29, 0.717) is 6.61 Å². The van der Waals surface area contributed by atoms with Crippen LogP contribution in [0.3, 0.4) is 0 Å². The van der Waals surface area contributed by atoms with Gasteiger partial charge in [-0.3, -0.25) is 0 Å². The van der Waals surface area contributed by atoms with Crippen LogP contribution in [-0.4, -0.2) is 34.8 Å². The van der Waals surface area contributed by atoms with Gasteiger partial charge in [-0.25, -0.2) is 0 Å². The first kappa shape index (κ1) is 11.5. The van der Waals surface area contributed by atoms with Crippen molar-refractivity contribution in [1.82, 2.24) is 0 Å². The zero-order chi connectivity index (χ0) is 11.5. The van der Waals surface area contributed by atoms with Crippen molar-refractivity contribution in [2.45, 2.75) is 38.1 Å². The second-order valence-corrected chi connectivity index (χ2v) is 3.98. The summed E-state index contributed by atoms with van der Waals surface area (Å²) in [5.41, 5.74) is 1.03. The van der Waals surface area contributed by atoms with Crippen LogP contribution in [0.25, 0.3) is 0 Å². The number of aliphatic hydroxyl groups excluding tert-OH is 2. The van der Waals surface area contributed by atoms with Gasteiger partial charge in [0.25, 0.3) is 0 Å². The SMILES string of the molecule is C[C@H]1O[C@H](O)[C@H](O)[C@H]1OCc1ccccc1. The molecule has 2 rings (SSSR count). The molecule has 1 saturated heterocycles. The van der Waals surface area contributed by atoms with Crippen molar-refractivity contribution in [1.29, 1.82) is 0 Å². The molecular formula is C12H16O4. The molecule has 4 atom stereocenters. The van der Waals surface area contributed by atoms with Gasteiger partial charge < -0.3 is 19.7 Å². The Morgan fingerprint density at radius 3 is 2.50 bits per heavy atom. The van der Waals surface area contributed by atoms with E-state index < -0.39 is 18.5 Å². The third-order valence-electron chi connectivity index (χ3n) is 2.73. The van der Waals surface area contributed by atoms with E-state index in [1.807, 2.05) is 30.3 Å². The number of aliphatic hydroxyl groups is 2. The van der Waals surface area contributed by atoms with Gasteiger partial charge in [0, 0.05) is 0 Å². The van der Waals surface area contributed by atoms with E-state index in [2.05, 4.69) is 0 Å². The summed E-state index contributed by atoms with van der Waals surface area (Å²) >= 11 is 0. The molecule has 1 aliphatic heterocycles. The molecule has 0 saturated carbocycles. The average molecular weight is 224 g/mol. The zero-order valence-electron chi connectivity index (χ0n) is 9.11. The lowest BCUT2D eigenvalue weighted by Gasteiger charge is -2.17. The van der Waals surface area contributed by atoms with Crippen molar-refractivity contribution in [2.75, 3.05) is 0 Å². The highest BCUT2D eigenvalue weighted by atomic mass is 16.7. The Kier molecular flexibility index (Phi) is 3.56. The molecule has 2 N–H and O–H groups in total. The van der Waals surface area contributed by atoms with Gasteiger partial charge >= 0.3 is 0 Å². The summed E-state index contributed by atoms with van der Waals surface area (Å²) < 4.78 is 10.6. The molecule has 4 nitrogen and oxygen atoms in total. The summed E-state index contributed by atoms with van der Waals surface area (Å²) in [5.74, 6) is 0. The molecule has 0 spiro atoms. The quantitative estimate of drug-likeness (QED) is 0.792. The maximum absolute atomic E-state index is 9.61. The third-order valence-corrected chi connectivity index (χ3v) is 2.73. The minimum Gasteiger partial charge on any atom is -0.385 e. The summed E-state index contributed by atoms with van der Waals surface area (Å²) in [6.45, 7) is 2.18. The van der Waals surface area contributed by atoms with Crippen LogP contribution in [0, 0.1) is 0 Å². The summed E-state index contributed by atoms with van der Waals surface area (Å²) in [6, 6.07) is 9.69. The second kappa shape index (κ2) is 4.93. The fourth-order valence-electron chi connectivity index (χ4n) is 1.82. The van der Waals surface area contributed by atoms with Crippen LogP contribution >= 0.6 is 0 Å². The maximum Gasteiger partial charge on any atom is 0.183 e. The van der Waals surface area contributed by atoms with Gasteiger partial charge in [-0.2, -0.15) is 0 Å². The van der Waals surface area contributed by atoms with Gasteiger partial charge in [0.15, 0.2) is 6.29 Å². The lowest BCUT2D eigenvalue weighted by molar-refractivity contribution is -0.124. The van der Waals surface area contributed by atoms with Gasteiger partial charge in [0.2, 0.25) is 0 Å². The van der Waals surface area contributed by atoms with Crippen LogP contribution in [0.15, 0.2) is 30.3 Å². The highest BCUT2D eigenvalue weighted by Gasteiger charge is 2.41. The normalized spacial score (nSPS) is 34.2. The Morgan fingerprint density at radius 2 is 1.94 bits per heavy atom. The first-order valence-corrected chi connectivity index (χ1v) is 5.35. The molecule has 0 amide bonds. The molecular weight excluding hydrogens is 208 g/mol. The van der Waals surface area contributed by atoms with E-state index in [1.54, 1.807) is 6.92 Å². The highest BCUT2D eigenvalue weighted by molar-refractivity contribution is 5.13. The molecule has 1 aromatic carbocycles. The molecule has 0 bridgehead atoms. The van der Waals surface area contributed by atoms with Gasteiger partial charge in [-0.1, -0.05) is 30.3 Å². The number of benzene rings is 1. The molecule has 16 heavy (non-hydrogen) atoms. The van der Waals surface area contributed by atoms with Crippen molar-refractivity contribution in [2.24, 2.45) is 0 Å². The molecule has 1 fully saturated rings. The summed E-state index contributed by atoms with van der Waals surface area (Å²) in [4.78, 5) is 0. The van der Waals surface area contributed by atoms with Crippen LogP contribution in [0.5, 0.6) is 0 Å². The van der Waals surface area contributed by atoms with Crippen molar-refractivity contribution < 1.29 is 19.7 Å². The third kappa shape index (κ3) is 2.41. The molecule has 4 heteroatoms. The largest absolute Gasteiger partial charge is 0.385 e. The lowest BCUT2D eigenvalue weighted by atomic mass is 10.1. The molecule has 0 aliphatic carbocycles. The van der Waals surface area contributed by atoms with Crippen LogP contribution in [-0.2, 0) is 16.1 Å². The standard InChI is InChI=1S/C12H16O4/c1-8-11(10(13)12(14)16-8)15-7-9-5-3-2-4-6-9/h2-6,8,10-14H,7H2,1H3/t8-,10-,11+,12+/m1/s1. The second-order valence-electron chi connectivity index (χ2n) is 3.98. The molecule has 0 radical (unpaired) electrons. The van der Waals surface area contributed by atoms with Crippen molar-refractivity contribution in [3.63, 3.8) is 0 Å². The average Bonchev–Trinajstić information content (AvgIpc) is 2.53. The first-order valence-electron chi connectivity index (χ1n) is 5.35. The van der Waals surface area contributed by atoms with Crippen molar-refractivity contribution >= 4 is 0 Å². The first-order chi connectivity index (χ1) is 7.68. The monoisotopic (exact) mass is 224 g/mol. The number of hydrogen-bond donors (Lipinski definition) is 2. The Labute approximate surface area is 94.4 Å². The molecule has 88 valence electrons. The Morgan fingerprint density at radius 1 is 1.25 bits per heavy atom. The number of hydrogen-bond acceptors (Lipinski definition) is 4. The van der Waals surface area contributed by atoms with E-state index >= 15 is 0 Å². The molecule has 1 heterocycles. The lowest BCUT2D eigenvalue weighted by Crippen LogP contribution is -2.34. The zero-order valence-corrected chi connectivity index (χ0v) is 9.11. The van der Waals surface area contributed by atoms with E-state index in [1.165, 1.54) is 0 Å². The predicted octanol–water partition coefficient (Wildman–Crippen LogP) is 0.670. The Hall–Kier alpha value is -0.940. The Balaban J connectivity index is 1.91. The van der Waals surface area contributed by atoms with Crippen molar-refractivity contribution in [3.8, 4) is 0 Å². The highest BCUT2D eigenvalue weighted by Crippen LogP contribution is 2.23. The minimum atomic E-state index is -1.14. The van der Waals surface area contributed by atoms with Crippen LogP contribution in [0.4, 0.5) is 0 Å². The van der Waals surface area contributed by atoms with E-state index in [4.69, 9.17) is 9.47 Å². The van der Waals surface area contributed by atoms with Crippen LogP contribution in [0.2, 0.25) is 0 Å². The van der Waals surface area contributed by atoms with E-state index in [-0.39, 0.29) is 6.10 Å². The van der Waals surface area contributed by atoms with E-state index in [9.17, 15) is 10.2 Å². The van der Waals surface area contributed by atoms with Gasteiger partial charge in [-0.15, -0.1) is 0 Å². The topological polar surface area (TPSA) is 58.9 Å². The summed E-state index contributed by atoms with van der Waals surface area (Å²) in [6.07, 6.45) is -2.89. The minimum absolute atomic E-state index is 0.297. The van der Waals surface area contributed by atoms with Crippen LogP contribution in [0.1, 0.15) is 12.5 Å². The Bertz CT molecular complexity index is 327. The molecule has 0 unspecified atom stereocenters. The number of rotatable bonds is 3. The fraction of sp³-hybridized carbons (Fsp3) is 0.500. The predicted molar refractivity (Wildman–Crippen MR) is 57.6 cm³/mol. The summed E-state index contributed by atoms with van der Waals surface area (Å²) in [5, 5.41) is 18.9. The fourth-order valence-corrected chi connectivity index (χ4v) is 1.82. The molecule has 1 aliphatic rings. The molecule has 0 aromatic heterocycles. The van der Waals surface area contributed by atoms with Gasteiger partial charge in [0.05, 0.1) is 12.7 Å². The number of ether oxygens (including phenoxy) is 2. The smallest absolute Gasteiger partial charge is 0.183 e. The summed E-state index contributed by atoms with van der Waals surface area (Å²) in [7, 11) is 0. The molecule has 1 aromatic rings. The van der Waals surface area contributed by atoms with Gasteiger partial charge in [-0.05, 0) is 12.5 Å². The van der Waals surface area contributed by atoms with Crippen LogP contribution < -0.4 is 0 Å². The van der Waals surface area contributed by atoms with Crippen molar-refractivity contribution in [3.05, 3.63) is 35.9 Å². The van der Waals surface area contributed by atoms with Gasteiger partial charge in [0.1, 0.15) is 12.2 Å². The van der Waals surface area contributed by atoms with E-state index in [0.717, 1.165) is 5.56 Å².